The molecule has 15 heavy (non-hydrogen) atoms. The Labute approximate surface area is 103 Å². The summed E-state index contributed by atoms with van der Waals surface area (Å²) in [5, 5.41) is 18.4. The molecule has 88 valence electrons. The molecular formula is C10H17IO4. The molecule has 0 saturated carbocycles. The van der Waals surface area contributed by atoms with Gasteiger partial charge in [-0.05, 0) is 13.8 Å². The first-order chi connectivity index (χ1) is 7.00. The van der Waals surface area contributed by atoms with Crippen molar-refractivity contribution in [2.24, 2.45) is 0 Å². The second kappa shape index (κ2) is 5.58. The third-order valence-corrected chi connectivity index (χ3v) is 3.03. The summed E-state index contributed by atoms with van der Waals surface area (Å²) in [6.07, 6.45) is 2.12. The summed E-state index contributed by atoms with van der Waals surface area (Å²) >= 11 is 2.10. The Hall–Kier alpha value is 0.310. The van der Waals surface area contributed by atoms with Crippen LogP contribution in [0.2, 0.25) is 0 Å². The molecule has 0 aromatic carbocycles. The minimum Gasteiger partial charge on any atom is -0.392 e. The normalized spacial score (nSPS) is 32.3. The third-order valence-electron chi connectivity index (χ3n) is 2.13. The lowest BCUT2D eigenvalue weighted by Gasteiger charge is -2.19. The Bertz CT molecular complexity index is 229. The molecule has 1 aliphatic rings. The highest BCUT2D eigenvalue weighted by atomic mass is 127. The number of hydrogen-bond donors (Lipinski definition) is 2. The largest absolute Gasteiger partial charge is 0.392 e. The van der Waals surface area contributed by atoms with Gasteiger partial charge in [-0.2, -0.15) is 0 Å². The molecule has 0 unspecified atom stereocenters. The Morgan fingerprint density at radius 3 is 2.67 bits per heavy atom. The summed E-state index contributed by atoms with van der Waals surface area (Å²) in [5.41, 5.74) is 0. The molecule has 2 N–H and O–H groups in total. The first-order valence-corrected chi connectivity index (χ1v) is 6.40. The lowest BCUT2D eigenvalue weighted by molar-refractivity contribution is -0.151. The summed E-state index contributed by atoms with van der Waals surface area (Å²) in [6.45, 7) is 3.59. The van der Waals surface area contributed by atoms with E-state index in [1.165, 1.54) is 0 Å². The fourth-order valence-corrected chi connectivity index (χ4v) is 2.05. The van der Waals surface area contributed by atoms with E-state index in [1.54, 1.807) is 12.2 Å². The SMILES string of the molecule is CC1(C)O[C@@H]([C@H](O)CI)[C@H](/C=C\CO)O1. The highest BCUT2D eigenvalue weighted by Crippen LogP contribution is 2.31. The van der Waals surface area contributed by atoms with E-state index in [2.05, 4.69) is 22.6 Å². The van der Waals surface area contributed by atoms with Crippen molar-refractivity contribution < 1.29 is 19.7 Å². The van der Waals surface area contributed by atoms with Gasteiger partial charge in [0.05, 0.1) is 12.7 Å². The van der Waals surface area contributed by atoms with Crippen molar-refractivity contribution in [3.05, 3.63) is 12.2 Å². The van der Waals surface area contributed by atoms with Crippen LogP contribution < -0.4 is 0 Å². The molecule has 1 heterocycles. The fraction of sp³-hybridized carbons (Fsp3) is 0.800. The maximum absolute atomic E-state index is 9.75. The first-order valence-electron chi connectivity index (χ1n) is 4.87. The number of halogens is 1. The van der Waals surface area contributed by atoms with Crippen LogP contribution in [0.3, 0.4) is 0 Å². The summed E-state index contributed by atoms with van der Waals surface area (Å²) in [4.78, 5) is 0. The molecule has 0 aromatic rings. The van der Waals surface area contributed by atoms with Crippen LogP contribution in [-0.4, -0.2) is 45.3 Å². The van der Waals surface area contributed by atoms with E-state index >= 15 is 0 Å². The monoisotopic (exact) mass is 328 g/mol. The van der Waals surface area contributed by atoms with Crippen LogP contribution in [0.4, 0.5) is 0 Å². The van der Waals surface area contributed by atoms with E-state index in [0.717, 1.165) is 0 Å². The smallest absolute Gasteiger partial charge is 0.164 e. The van der Waals surface area contributed by atoms with E-state index in [0.29, 0.717) is 4.43 Å². The van der Waals surface area contributed by atoms with Crippen molar-refractivity contribution in [3.63, 3.8) is 0 Å². The van der Waals surface area contributed by atoms with Gasteiger partial charge in [-0.1, -0.05) is 34.7 Å². The van der Waals surface area contributed by atoms with E-state index in [4.69, 9.17) is 14.6 Å². The molecule has 0 bridgehead atoms. The predicted octanol–water partition coefficient (Wildman–Crippen LogP) is 0.851. The lowest BCUT2D eigenvalue weighted by Crippen LogP contribution is -2.35. The molecule has 0 amide bonds. The van der Waals surface area contributed by atoms with Crippen molar-refractivity contribution in [3.8, 4) is 0 Å². The first kappa shape index (κ1) is 13.4. The van der Waals surface area contributed by atoms with E-state index < -0.39 is 11.9 Å². The second-order valence-electron chi connectivity index (χ2n) is 3.90. The van der Waals surface area contributed by atoms with Crippen LogP contribution >= 0.6 is 22.6 Å². The maximum atomic E-state index is 9.75. The molecular weight excluding hydrogens is 311 g/mol. The van der Waals surface area contributed by atoms with Crippen LogP contribution in [-0.2, 0) is 9.47 Å². The maximum Gasteiger partial charge on any atom is 0.164 e. The molecule has 1 fully saturated rings. The van der Waals surface area contributed by atoms with Gasteiger partial charge in [0.1, 0.15) is 12.2 Å². The summed E-state index contributed by atoms with van der Waals surface area (Å²) in [6, 6.07) is 0. The molecule has 1 rings (SSSR count). The zero-order valence-corrected chi connectivity index (χ0v) is 11.0. The average molecular weight is 328 g/mol. The van der Waals surface area contributed by atoms with Crippen molar-refractivity contribution in [1.82, 2.24) is 0 Å². The number of ether oxygens (including phenoxy) is 2. The molecule has 4 nitrogen and oxygen atoms in total. The third kappa shape index (κ3) is 3.67. The molecule has 5 heteroatoms. The topological polar surface area (TPSA) is 58.9 Å². The molecule has 3 atom stereocenters. The highest BCUT2D eigenvalue weighted by Gasteiger charge is 2.43. The van der Waals surface area contributed by atoms with Crippen LogP contribution in [0, 0.1) is 0 Å². The molecule has 0 aromatic heterocycles. The predicted molar refractivity (Wildman–Crippen MR) is 64.9 cm³/mol. The summed E-state index contributed by atoms with van der Waals surface area (Å²) in [7, 11) is 0. The molecule has 0 radical (unpaired) electrons. The van der Waals surface area contributed by atoms with Gasteiger partial charge in [0, 0.05) is 4.43 Å². The zero-order chi connectivity index (χ0) is 11.5. The minimum absolute atomic E-state index is 0.0344. The van der Waals surface area contributed by atoms with Crippen LogP contribution in [0.25, 0.3) is 0 Å². The van der Waals surface area contributed by atoms with Gasteiger partial charge in [-0.25, -0.2) is 0 Å². The van der Waals surface area contributed by atoms with Gasteiger partial charge in [0.25, 0.3) is 0 Å². The van der Waals surface area contributed by atoms with E-state index in [-0.39, 0.29) is 18.8 Å². The second-order valence-corrected chi connectivity index (χ2v) is 4.78. The number of aliphatic hydroxyl groups is 2. The lowest BCUT2D eigenvalue weighted by atomic mass is 10.1. The van der Waals surface area contributed by atoms with Crippen molar-refractivity contribution in [2.45, 2.75) is 37.9 Å². The number of rotatable bonds is 4. The molecule has 1 saturated heterocycles. The fourth-order valence-electron chi connectivity index (χ4n) is 1.55. The highest BCUT2D eigenvalue weighted by molar-refractivity contribution is 14.1. The standard InChI is InChI=1S/C10H17IO4/c1-10(2)14-8(4-3-5-12)9(15-10)7(13)6-11/h3-4,7-9,12-13H,5-6H2,1-2H3/b4-3-/t7-,8+,9+/m1/s1. The van der Waals surface area contributed by atoms with Crippen LogP contribution in [0.15, 0.2) is 12.2 Å². The Morgan fingerprint density at radius 1 is 1.47 bits per heavy atom. The zero-order valence-electron chi connectivity index (χ0n) is 8.89. The number of hydrogen-bond acceptors (Lipinski definition) is 4. The van der Waals surface area contributed by atoms with Crippen molar-refractivity contribution in [1.29, 1.82) is 0 Å². The van der Waals surface area contributed by atoms with Gasteiger partial charge < -0.3 is 19.7 Å². The number of alkyl halides is 1. The van der Waals surface area contributed by atoms with Crippen LogP contribution in [0.1, 0.15) is 13.8 Å². The van der Waals surface area contributed by atoms with Gasteiger partial charge in [-0.15, -0.1) is 0 Å². The van der Waals surface area contributed by atoms with E-state index in [1.807, 2.05) is 13.8 Å². The van der Waals surface area contributed by atoms with Gasteiger partial charge in [0.15, 0.2) is 5.79 Å². The van der Waals surface area contributed by atoms with Crippen molar-refractivity contribution >= 4 is 22.6 Å². The quantitative estimate of drug-likeness (QED) is 0.456. The molecule has 0 aliphatic carbocycles. The van der Waals surface area contributed by atoms with Gasteiger partial charge in [-0.3, -0.25) is 0 Å². The van der Waals surface area contributed by atoms with Crippen LogP contribution in [0.5, 0.6) is 0 Å². The minimum atomic E-state index is -0.679. The number of aliphatic hydroxyl groups excluding tert-OH is 2. The molecule has 1 aliphatic heterocycles. The Morgan fingerprint density at radius 2 is 2.13 bits per heavy atom. The Balaban J connectivity index is 2.70. The summed E-state index contributed by atoms with van der Waals surface area (Å²) in [5.74, 6) is -0.679. The van der Waals surface area contributed by atoms with Gasteiger partial charge in [0.2, 0.25) is 0 Å². The Kier molecular flexibility index (Phi) is 4.98. The average Bonchev–Trinajstić information content (AvgIpc) is 2.49. The summed E-state index contributed by atoms with van der Waals surface area (Å²) < 4.78 is 11.8. The molecule has 0 spiro atoms. The van der Waals surface area contributed by atoms with Crippen molar-refractivity contribution in [2.75, 3.05) is 11.0 Å². The van der Waals surface area contributed by atoms with Gasteiger partial charge >= 0.3 is 0 Å². The van der Waals surface area contributed by atoms with E-state index in [9.17, 15) is 5.11 Å².